The molecule has 0 fully saturated rings. The van der Waals surface area contributed by atoms with Crippen LogP contribution in [0, 0.1) is 12.3 Å². The Bertz CT molecular complexity index is 466. The van der Waals surface area contributed by atoms with Crippen LogP contribution in [0.25, 0.3) is 0 Å². The second kappa shape index (κ2) is 7.14. The van der Waals surface area contributed by atoms with Crippen molar-refractivity contribution < 1.29 is 14.6 Å². The van der Waals surface area contributed by atoms with E-state index in [9.17, 15) is 5.11 Å². The van der Waals surface area contributed by atoms with E-state index in [0.29, 0.717) is 0 Å². The molecule has 4 nitrogen and oxygen atoms in total. The van der Waals surface area contributed by atoms with Gasteiger partial charge in [0.15, 0.2) is 11.5 Å². The van der Waals surface area contributed by atoms with Crippen LogP contribution in [-0.2, 0) is 6.54 Å². The molecule has 1 aromatic carbocycles. The lowest BCUT2D eigenvalue weighted by atomic mass is 9.86. The third-order valence-corrected chi connectivity index (χ3v) is 3.97. The molecule has 0 bridgehead atoms. The van der Waals surface area contributed by atoms with Crippen molar-refractivity contribution in [1.82, 2.24) is 4.90 Å². The second-order valence-corrected chi connectivity index (χ2v) is 6.61. The first-order valence-electron chi connectivity index (χ1n) is 7.27. The summed E-state index contributed by atoms with van der Waals surface area (Å²) in [5, 5.41) is 9.68. The number of methoxy groups -OCH3 is 2. The Hall–Kier alpha value is -1.26. The molecule has 0 aliphatic carbocycles. The Morgan fingerprint density at radius 3 is 2.10 bits per heavy atom. The van der Waals surface area contributed by atoms with Crippen LogP contribution in [0.1, 0.15) is 31.9 Å². The van der Waals surface area contributed by atoms with Crippen LogP contribution in [-0.4, -0.2) is 43.9 Å². The molecule has 1 unspecified atom stereocenters. The van der Waals surface area contributed by atoms with Gasteiger partial charge in [0.1, 0.15) is 0 Å². The van der Waals surface area contributed by atoms with Gasteiger partial charge < -0.3 is 14.6 Å². The minimum Gasteiger partial charge on any atom is -0.493 e. The van der Waals surface area contributed by atoms with Crippen molar-refractivity contribution in [3.05, 3.63) is 23.3 Å². The predicted octanol–water partition coefficient (Wildman–Crippen LogP) is 2.85. The minimum absolute atomic E-state index is 0.0218. The fourth-order valence-corrected chi connectivity index (χ4v) is 2.65. The van der Waals surface area contributed by atoms with Crippen LogP contribution in [0.3, 0.4) is 0 Å². The highest BCUT2D eigenvalue weighted by atomic mass is 16.5. The number of likely N-dealkylation sites (N-methyl/N-ethyl adjacent to an activating group) is 1. The van der Waals surface area contributed by atoms with Gasteiger partial charge in [-0.15, -0.1) is 0 Å². The van der Waals surface area contributed by atoms with Gasteiger partial charge in [-0.2, -0.15) is 0 Å². The summed E-state index contributed by atoms with van der Waals surface area (Å²) in [6.45, 7) is 9.40. The van der Waals surface area contributed by atoms with Crippen molar-refractivity contribution in [1.29, 1.82) is 0 Å². The van der Waals surface area contributed by atoms with Crippen LogP contribution >= 0.6 is 0 Å². The molecule has 1 atom stereocenters. The zero-order valence-corrected chi connectivity index (χ0v) is 14.4. The molecular formula is C17H29NO3. The number of nitrogens with zero attached hydrogens (tertiary/aromatic N) is 1. The van der Waals surface area contributed by atoms with Gasteiger partial charge in [0.05, 0.1) is 20.8 Å². The maximum atomic E-state index is 9.68. The molecule has 0 aliphatic heterocycles. The first-order valence-corrected chi connectivity index (χ1v) is 7.27. The number of aliphatic hydroxyl groups excluding tert-OH is 1. The highest BCUT2D eigenvalue weighted by Gasteiger charge is 2.28. The molecule has 0 amide bonds. The highest BCUT2D eigenvalue weighted by Crippen LogP contribution is 2.32. The zero-order valence-electron chi connectivity index (χ0n) is 14.4. The van der Waals surface area contributed by atoms with E-state index in [1.807, 2.05) is 19.2 Å². The van der Waals surface area contributed by atoms with E-state index >= 15 is 0 Å². The largest absolute Gasteiger partial charge is 0.493 e. The number of benzene rings is 1. The summed E-state index contributed by atoms with van der Waals surface area (Å²) >= 11 is 0. The molecule has 4 heteroatoms. The van der Waals surface area contributed by atoms with E-state index in [1.165, 1.54) is 5.56 Å². The first-order chi connectivity index (χ1) is 9.74. The Kier molecular flexibility index (Phi) is 6.05. The molecule has 0 aromatic heterocycles. The minimum atomic E-state index is 0.0218. The van der Waals surface area contributed by atoms with E-state index in [-0.39, 0.29) is 18.1 Å². The molecule has 1 rings (SSSR count). The lowest BCUT2D eigenvalue weighted by molar-refractivity contribution is 0.0612. The zero-order chi connectivity index (χ0) is 16.2. The smallest absolute Gasteiger partial charge is 0.161 e. The molecule has 1 aromatic rings. The molecular weight excluding hydrogens is 266 g/mol. The third-order valence-electron chi connectivity index (χ3n) is 3.97. The molecule has 1 N–H and O–H groups in total. The second-order valence-electron chi connectivity index (χ2n) is 6.61. The summed E-state index contributed by atoms with van der Waals surface area (Å²) < 4.78 is 10.7. The van der Waals surface area contributed by atoms with E-state index in [1.54, 1.807) is 14.2 Å². The molecule has 0 radical (unpaired) electrons. The molecule has 21 heavy (non-hydrogen) atoms. The Labute approximate surface area is 128 Å². The predicted molar refractivity (Wildman–Crippen MR) is 86.1 cm³/mol. The Morgan fingerprint density at radius 1 is 1.14 bits per heavy atom. The van der Waals surface area contributed by atoms with Crippen LogP contribution in [0.2, 0.25) is 0 Å². The number of hydrogen-bond acceptors (Lipinski definition) is 4. The van der Waals surface area contributed by atoms with E-state index < -0.39 is 0 Å². The van der Waals surface area contributed by atoms with Gasteiger partial charge in [-0.25, -0.2) is 0 Å². The van der Waals surface area contributed by atoms with Gasteiger partial charge >= 0.3 is 0 Å². The summed E-state index contributed by atoms with van der Waals surface area (Å²) in [6, 6.07) is 4.11. The van der Waals surface area contributed by atoms with Gasteiger partial charge in [-0.1, -0.05) is 20.8 Å². The maximum absolute atomic E-state index is 9.68. The summed E-state index contributed by atoms with van der Waals surface area (Å²) in [4.78, 5) is 2.19. The van der Waals surface area contributed by atoms with Crippen molar-refractivity contribution in [2.24, 2.45) is 5.41 Å². The summed E-state index contributed by atoms with van der Waals surface area (Å²) in [6.07, 6.45) is 0. The number of aliphatic hydroxyl groups is 1. The third kappa shape index (κ3) is 4.35. The van der Waals surface area contributed by atoms with Crippen molar-refractivity contribution >= 4 is 0 Å². The highest BCUT2D eigenvalue weighted by molar-refractivity contribution is 5.47. The van der Waals surface area contributed by atoms with E-state index in [2.05, 4.69) is 32.6 Å². The molecule has 0 spiro atoms. The number of rotatable bonds is 6. The maximum Gasteiger partial charge on any atom is 0.161 e. The number of hydrogen-bond donors (Lipinski definition) is 1. The first kappa shape index (κ1) is 17.8. The number of ether oxygens (including phenoxy) is 2. The molecule has 0 heterocycles. The summed E-state index contributed by atoms with van der Waals surface area (Å²) in [7, 11) is 5.33. The topological polar surface area (TPSA) is 41.9 Å². The van der Waals surface area contributed by atoms with E-state index in [0.717, 1.165) is 23.6 Å². The normalized spacial score (nSPS) is 13.4. The molecule has 0 aliphatic rings. The van der Waals surface area contributed by atoms with Crippen molar-refractivity contribution in [2.45, 2.75) is 40.3 Å². The monoisotopic (exact) mass is 295 g/mol. The fraction of sp³-hybridized carbons (Fsp3) is 0.647. The van der Waals surface area contributed by atoms with Gasteiger partial charge in [0, 0.05) is 12.6 Å². The van der Waals surface area contributed by atoms with Crippen molar-refractivity contribution in [3.8, 4) is 11.5 Å². The van der Waals surface area contributed by atoms with Gasteiger partial charge in [-0.05, 0) is 42.6 Å². The summed E-state index contributed by atoms with van der Waals surface area (Å²) in [5.74, 6) is 1.48. The quantitative estimate of drug-likeness (QED) is 0.876. The van der Waals surface area contributed by atoms with Crippen molar-refractivity contribution in [3.63, 3.8) is 0 Å². The van der Waals surface area contributed by atoms with Gasteiger partial charge in [0.2, 0.25) is 0 Å². The average Bonchev–Trinajstić information content (AvgIpc) is 2.39. The Balaban J connectivity index is 3.02. The SMILES string of the molecule is COc1cc(C)c(CN(C)C(CO)C(C)(C)C)cc1OC. The van der Waals surface area contributed by atoms with Crippen LogP contribution in [0.5, 0.6) is 11.5 Å². The average molecular weight is 295 g/mol. The standard InChI is InChI=1S/C17H29NO3/c1-12-8-14(20-6)15(21-7)9-13(12)10-18(5)16(11-19)17(2,3)4/h8-9,16,19H,10-11H2,1-7H3. The van der Waals surface area contributed by atoms with Crippen LogP contribution in [0.15, 0.2) is 12.1 Å². The molecule has 0 saturated heterocycles. The number of aryl methyl sites for hydroxylation is 1. The lowest BCUT2D eigenvalue weighted by Gasteiger charge is -2.37. The van der Waals surface area contributed by atoms with Gasteiger partial charge in [-0.3, -0.25) is 4.90 Å². The molecule has 120 valence electrons. The summed E-state index contributed by atoms with van der Waals surface area (Å²) in [5.41, 5.74) is 2.36. The van der Waals surface area contributed by atoms with Crippen molar-refractivity contribution in [2.75, 3.05) is 27.9 Å². The van der Waals surface area contributed by atoms with Gasteiger partial charge in [0.25, 0.3) is 0 Å². The lowest BCUT2D eigenvalue weighted by Crippen LogP contribution is -2.44. The van der Waals surface area contributed by atoms with Crippen LogP contribution < -0.4 is 9.47 Å². The van der Waals surface area contributed by atoms with E-state index in [4.69, 9.17) is 9.47 Å². The molecule has 0 saturated carbocycles. The Morgan fingerprint density at radius 2 is 1.67 bits per heavy atom. The fourth-order valence-electron chi connectivity index (χ4n) is 2.65. The van der Waals surface area contributed by atoms with Crippen LogP contribution in [0.4, 0.5) is 0 Å².